The highest BCUT2D eigenvalue weighted by atomic mass is 19.4. The summed E-state index contributed by atoms with van der Waals surface area (Å²) in [7, 11) is 1.46. The number of fused-ring (bicyclic) bond motifs is 1. The van der Waals surface area contributed by atoms with Crippen molar-refractivity contribution >= 4 is 11.6 Å². The first kappa shape index (κ1) is 16.1. The number of methoxy groups -OCH3 is 1. The zero-order valence-corrected chi connectivity index (χ0v) is 11.9. The van der Waals surface area contributed by atoms with Crippen molar-refractivity contribution in [3.8, 4) is 5.75 Å². The van der Waals surface area contributed by atoms with Gasteiger partial charge in [0.15, 0.2) is 0 Å². The Morgan fingerprint density at radius 2 is 2.27 bits per heavy atom. The standard InChI is InChI=1S/C15H15F3N2O2/c1-3-6-19-12-8-13(20-14(21)15(16,17)18)11-7-9(22-2)4-5-10(11)12/h3-5,7,13H,1,6,8H2,2H3,(H,20,21)/b19-12+. The van der Waals surface area contributed by atoms with Gasteiger partial charge in [-0.15, -0.1) is 6.58 Å². The normalized spacial score (nSPS) is 18.9. The highest BCUT2D eigenvalue weighted by molar-refractivity contribution is 6.06. The highest BCUT2D eigenvalue weighted by Gasteiger charge is 2.41. The van der Waals surface area contributed by atoms with Gasteiger partial charge in [-0.2, -0.15) is 13.2 Å². The summed E-state index contributed by atoms with van der Waals surface area (Å²) in [6.45, 7) is 3.92. The zero-order valence-electron chi connectivity index (χ0n) is 11.9. The van der Waals surface area contributed by atoms with Crippen LogP contribution in [0.3, 0.4) is 0 Å². The van der Waals surface area contributed by atoms with Crippen LogP contribution >= 0.6 is 0 Å². The van der Waals surface area contributed by atoms with Crippen molar-refractivity contribution in [3.63, 3.8) is 0 Å². The first-order chi connectivity index (χ1) is 10.4. The van der Waals surface area contributed by atoms with Gasteiger partial charge in [-0.1, -0.05) is 6.08 Å². The van der Waals surface area contributed by atoms with Crippen molar-refractivity contribution in [1.29, 1.82) is 0 Å². The molecule has 1 atom stereocenters. The number of amides is 1. The Morgan fingerprint density at radius 3 is 2.86 bits per heavy atom. The number of hydrogen-bond donors (Lipinski definition) is 1. The van der Waals surface area contributed by atoms with Gasteiger partial charge in [0.1, 0.15) is 5.75 Å². The van der Waals surface area contributed by atoms with E-state index in [1.807, 2.05) is 5.32 Å². The highest BCUT2D eigenvalue weighted by Crippen LogP contribution is 2.35. The van der Waals surface area contributed by atoms with E-state index < -0.39 is 18.1 Å². The van der Waals surface area contributed by atoms with Crippen molar-refractivity contribution < 1.29 is 22.7 Å². The molecule has 0 bridgehead atoms. The molecule has 0 fully saturated rings. The number of carbonyl (C=O) groups is 1. The molecule has 2 rings (SSSR count). The largest absolute Gasteiger partial charge is 0.497 e. The smallest absolute Gasteiger partial charge is 0.471 e. The minimum atomic E-state index is -4.92. The number of benzene rings is 1. The van der Waals surface area contributed by atoms with E-state index in [1.54, 1.807) is 24.3 Å². The lowest BCUT2D eigenvalue weighted by molar-refractivity contribution is -0.174. The fourth-order valence-electron chi connectivity index (χ4n) is 2.33. The fourth-order valence-corrected chi connectivity index (χ4v) is 2.33. The molecule has 4 nitrogen and oxygen atoms in total. The Bertz CT molecular complexity index is 624. The van der Waals surface area contributed by atoms with Crippen LogP contribution in [0, 0.1) is 0 Å². The molecule has 118 valence electrons. The number of halogens is 3. The summed E-state index contributed by atoms with van der Waals surface area (Å²) in [4.78, 5) is 15.5. The third-order valence-corrected chi connectivity index (χ3v) is 3.32. The van der Waals surface area contributed by atoms with Crippen LogP contribution in [0.25, 0.3) is 0 Å². The molecule has 0 saturated heterocycles. The lowest BCUT2D eigenvalue weighted by Crippen LogP contribution is -2.38. The van der Waals surface area contributed by atoms with E-state index in [0.29, 0.717) is 23.6 Å². The average molecular weight is 312 g/mol. The van der Waals surface area contributed by atoms with Gasteiger partial charge in [0.25, 0.3) is 0 Å². The molecule has 0 heterocycles. The van der Waals surface area contributed by atoms with Gasteiger partial charge >= 0.3 is 12.1 Å². The van der Waals surface area contributed by atoms with Crippen molar-refractivity contribution in [3.05, 3.63) is 42.0 Å². The molecule has 22 heavy (non-hydrogen) atoms. The van der Waals surface area contributed by atoms with Crippen LogP contribution in [0.2, 0.25) is 0 Å². The number of hydrogen-bond acceptors (Lipinski definition) is 3. The van der Waals surface area contributed by atoms with Gasteiger partial charge in [0, 0.05) is 17.7 Å². The van der Waals surface area contributed by atoms with Gasteiger partial charge in [-0.05, 0) is 23.8 Å². The second kappa shape index (κ2) is 6.21. The molecular formula is C15H15F3N2O2. The maximum atomic E-state index is 12.4. The van der Waals surface area contributed by atoms with Crippen LogP contribution in [-0.2, 0) is 4.79 Å². The van der Waals surface area contributed by atoms with E-state index in [4.69, 9.17) is 4.74 Å². The molecule has 1 amide bonds. The number of ether oxygens (including phenoxy) is 1. The minimum Gasteiger partial charge on any atom is -0.497 e. The van der Waals surface area contributed by atoms with Crippen molar-refractivity contribution in [2.75, 3.05) is 13.7 Å². The molecule has 1 aromatic carbocycles. The summed E-state index contributed by atoms with van der Waals surface area (Å²) in [6.07, 6.45) is -3.12. The molecule has 1 N–H and O–H groups in total. The molecule has 1 aromatic rings. The predicted octanol–water partition coefficient (Wildman–Crippen LogP) is 2.79. The Labute approximate surface area is 125 Å². The molecule has 0 aromatic heterocycles. The van der Waals surface area contributed by atoms with E-state index >= 15 is 0 Å². The number of aliphatic imine (C=N–C) groups is 1. The molecular weight excluding hydrogens is 297 g/mol. The van der Waals surface area contributed by atoms with Gasteiger partial charge in [-0.3, -0.25) is 9.79 Å². The zero-order chi connectivity index (χ0) is 16.3. The predicted molar refractivity (Wildman–Crippen MR) is 76.2 cm³/mol. The van der Waals surface area contributed by atoms with E-state index in [2.05, 4.69) is 11.6 Å². The summed E-state index contributed by atoms with van der Waals surface area (Å²) in [5, 5.41) is 2.01. The van der Waals surface area contributed by atoms with Gasteiger partial charge in [0.05, 0.1) is 19.7 Å². The van der Waals surface area contributed by atoms with E-state index in [0.717, 1.165) is 5.56 Å². The fraction of sp³-hybridized carbons (Fsp3) is 0.333. The van der Waals surface area contributed by atoms with Crippen molar-refractivity contribution in [2.24, 2.45) is 4.99 Å². The molecule has 7 heteroatoms. The minimum absolute atomic E-state index is 0.207. The molecule has 1 aliphatic rings. The van der Waals surface area contributed by atoms with Gasteiger partial charge in [-0.25, -0.2) is 0 Å². The van der Waals surface area contributed by atoms with Crippen LogP contribution in [0.5, 0.6) is 5.75 Å². The Morgan fingerprint density at radius 1 is 1.55 bits per heavy atom. The summed E-state index contributed by atoms with van der Waals surface area (Å²) in [5.74, 6) is -1.45. The summed E-state index contributed by atoms with van der Waals surface area (Å²) in [6, 6.07) is 4.28. The second-order valence-electron chi connectivity index (χ2n) is 4.76. The number of alkyl halides is 3. The Kier molecular flexibility index (Phi) is 4.54. The van der Waals surface area contributed by atoms with E-state index in [1.165, 1.54) is 7.11 Å². The molecule has 0 spiro atoms. The lowest BCUT2D eigenvalue weighted by Gasteiger charge is -2.15. The Balaban J connectivity index is 2.34. The third kappa shape index (κ3) is 3.29. The van der Waals surface area contributed by atoms with E-state index in [9.17, 15) is 18.0 Å². The maximum Gasteiger partial charge on any atom is 0.471 e. The average Bonchev–Trinajstić information content (AvgIpc) is 2.81. The SMILES string of the molecule is C=CC/N=C1\CC(NC(=O)C(F)(F)F)c2cc(OC)ccc21. The molecule has 0 radical (unpaired) electrons. The van der Waals surface area contributed by atoms with E-state index in [-0.39, 0.29) is 6.42 Å². The summed E-state index contributed by atoms with van der Waals surface area (Å²) in [5.41, 5.74) is 1.93. The maximum absolute atomic E-state index is 12.4. The lowest BCUT2D eigenvalue weighted by atomic mass is 10.1. The second-order valence-corrected chi connectivity index (χ2v) is 4.76. The Hall–Kier alpha value is -2.31. The van der Waals surface area contributed by atoms with Crippen LogP contribution in [0.15, 0.2) is 35.8 Å². The molecule has 0 saturated carbocycles. The summed E-state index contributed by atoms with van der Waals surface area (Å²) < 4.78 is 42.4. The first-order valence-corrected chi connectivity index (χ1v) is 6.57. The molecule has 1 aliphatic carbocycles. The van der Waals surface area contributed by atoms with Gasteiger partial charge in [0.2, 0.25) is 0 Å². The van der Waals surface area contributed by atoms with Crippen LogP contribution < -0.4 is 10.1 Å². The van der Waals surface area contributed by atoms with Crippen LogP contribution in [-0.4, -0.2) is 31.4 Å². The third-order valence-electron chi connectivity index (χ3n) is 3.32. The van der Waals surface area contributed by atoms with Crippen molar-refractivity contribution in [2.45, 2.75) is 18.6 Å². The van der Waals surface area contributed by atoms with Crippen molar-refractivity contribution in [1.82, 2.24) is 5.32 Å². The monoisotopic (exact) mass is 312 g/mol. The molecule has 0 aliphatic heterocycles. The summed E-state index contributed by atoms with van der Waals surface area (Å²) >= 11 is 0. The molecule has 1 unspecified atom stereocenters. The topological polar surface area (TPSA) is 50.7 Å². The first-order valence-electron chi connectivity index (χ1n) is 6.57. The number of nitrogens with one attached hydrogen (secondary N) is 1. The number of nitrogens with zero attached hydrogens (tertiary/aromatic N) is 1. The van der Waals surface area contributed by atoms with Crippen LogP contribution in [0.1, 0.15) is 23.6 Å². The quantitative estimate of drug-likeness (QED) is 0.869. The number of carbonyl (C=O) groups excluding carboxylic acids is 1. The van der Waals surface area contributed by atoms with Crippen LogP contribution in [0.4, 0.5) is 13.2 Å². The van der Waals surface area contributed by atoms with Gasteiger partial charge < -0.3 is 10.1 Å². The number of rotatable bonds is 4.